The van der Waals surface area contributed by atoms with Crippen molar-refractivity contribution >= 4 is 87.6 Å². The SMILES string of the molecule is [C-]#[O+].[C-]#[O+].[C-]#[O+].[C-]#[O+].[Mn].[Rh].[SH-].c1ccc(P(CP(c2ccccc2)c2ccccc2)c2ccccc2)cc1.c1ccc(P(CP(c2ccccc2)c2ccccc2)c2ccccc2)cc1. The minimum atomic E-state index is -0.409. The fraction of sp³-hybridized carbons (Fsp3) is 0.0370. The van der Waals surface area contributed by atoms with Gasteiger partial charge in [-0.25, -0.2) is 0 Å². The third-order valence-corrected chi connectivity index (χ3v) is 21.0. The first-order chi connectivity index (χ1) is 30.8. The summed E-state index contributed by atoms with van der Waals surface area (Å²) in [6.45, 7) is 18.0. The Morgan fingerprint density at radius 2 is 0.323 bits per heavy atom. The van der Waals surface area contributed by atoms with Crippen molar-refractivity contribution in [3.63, 3.8) is 0 Å². The Balaban J connectivity index is 0.00000105. The molecule has 328 valence electrons. The van der Waals surface area contributed by atoms with E-state index in [1.165, 1.54) is 54.2 Å². The van der Waals surface area contributed by atoms with Crippen molar-refractivity contribution < 1.29 is 55.2 Å². The topological polar surface area (TPSA) is 79.6 Å². The number of benzene rings is 8. The third kappa shape index (κ3) is 20.1. The molecule has 4 nitrogen and oxygen atoms in total. The van der Waals surface area contributed by atoms with Gasteiger partial charge in [0.2, 0.25) is 0 Å². The first kappa shape index (κ1) is 60.9. The Labute approximate surface area is 420 Å². The Bertz CT molecular complexity index is 1930. The Morgan fingerprint density at radius 3 is 0.415 bits per heavy atom. The van der Waals surface area contributed by atoms with Crippen molar-refractivity contribution in [2.45, 2.75) is 0 Å². The van der Waals surface area contributed by atoms with Crippen LogP contribution in [0.5, 0.6) is 0 Å². The van der Waals surface area contributed by atoms with Crippen molar-refractivity contribution in [3.05, 3.63) is 269 Å². The number of thiol groups is 1. The molecule has 0 fully saturated rings. The van der Waals surface area contributed by atoms with Crippen molar-refractivity contribution in [1.82, 2.24) is 0 Å². The monoisotopic (exact) mass is 1070 g/mol. The molecule has 0 aliphatic heterocycles. The van der Waals surface area contributed by atoms with E-state index in [0.29, 0.717) is 0 Å². The second-order valence-electron chi connectivity index (χ2n) is 12.7. The van der Waals surface area contributed by atoms with Crippen molar-refractivity contribution in [2.75, 3.05) is 11.8 Å². The molecule has 11 heteroatoms. The molecule has 0 saturated carbocycles. The zero-order valence-electron chi connectivity index (χ0n) is 35.1. The van der Waals surface area contributed by atoms with Crippen LogP contribution in [0.2, 0.25) is 0 Å². The number of rotatable bonds is 12. The molecule has 2 radical (unpaired) electrons. The molecule has 0 aromatic heterocycles. The quantitative estimate of drug-likeness (QED) is 0.0300. The van der Waals surface area contributed by atoms with Gasteiger partial charge in [-0.3, -0.25) is 0 Å². The molecule has 0 spiro atoms. The molecule has 0 aliphatic rings. The molecule has 0 aliphatic carbocycles. The maximum atomic E-state index is 7.50. The van der Waals surface area contributed by atoms with Gasteiger partial charge in [0.15, 0.2) is 0 Å². The summed E-state index contributed by atoms with van der Waals surface area (Å²) in [4.78, 5) is 0. The molecule has 0 heterocycles. The van der Waals surface area contributed by atoms with E-state index in [9.17, 15) is 0 Å². The molecule has 0 unspecified atom stereocenters. The summed E-state index contributed by atoms with van der Waals surface area (Å²) in [6.07, 6.45) is 0. The van der Waals surface area contributed by atoms with E-state index < -0.39 is 31.7 Å². The second-order valence-corrected chi connectivity index (χ2v) is 22.5. The van der Waals surface area contributed by atoms with Crippen molar-refractivity contribution in [3.8, 4) is 0 Å². The van der Waals surface area contributed by atoms with Gasteiger partial charge in [0.25, 0.3) is 0 Å². The molecule has 8 aromatic carbocycles. The van der Waals surface area contributed by atoms with Crippen LogP contribution < -0.4 is 42.4 Å². The summed E-state index contributed by atoms with van der Waals surface area (Å²) in [5.74, 6) is 2.35. The van der Waals surface area contributed by atoms with Crippen LogP contribution in [-0.2, 0) is 68.7 Å². The fourth-order valence-electron chi connectivity index (χ4n) is 6.40. The minimum Gasteiger partial charge on any atom is -0.813 e. The third-order valence-electron chi connectivity index (χ3n) is 9.11. The molecule has 0 amide bonds. The summed E-state index contributed by atoms with van der Waals surface area (Å²) >= 11 is 0. The summed E-state index contributed by atoms with van der Waals surface area (Å²) < 4.78 is 30.0. The fourth-order valence-corrected chi connectivity index (χ4v) is 19.3. The van der Waals surface area contributed by atoms with Crippen LogP contribution in [0.3, 0.4) is 0 Å². The standard InChI is InChI=1S/2C25H22P2.4CO.Mn.Rh.H2S/c2*1-5-13-22(14-6-1)26(23-15-7-2-8-16-23)21-27(24-17-9-3-10-18-24)25-19-11-4-12-20-25;4*1-2;;;/h2*1-20H,21H2;;;;;;;1H2/p-1. The van der Waals surface area contributed by atoms with E-state index in [1.807, 2.05) is 0 Å². The molecule has 0 atom stereocenters. The normalized spacial score (nSPS) is 9.29. The van der Waals surface area contributed by atoms with Crippen LogP contribution in [0.25, 0.3) is 0 Å². The average Bonchev–Trinajstić information content (AvgIpc) is 3.39. The van der Waals surface area contributed by atoms with E-state index in [2.05, 4.69) is 269 Å². The second kappa shape index (κ2) is 38.1. The summed E-state index contributed by atoms with van der Waals surface area (Å²) in [5.41, 5.74) is 0. The van der Waals surface area contributed by atoms with Crippen molar-refractivity contribution in [1.29, 1.82) is 0 Å². The van der Waals surface area contributed by atoms with Gasteiger partial charge in [-0.1, -0.05) is 243 Å². The number of hydrogen-bond donors (Lipinski definition) is 0. The molecule has 8 aromatic rings. The Kier molecular flexibility index (Phi) is 35.7. The van der Waals surface area contributed by atoms with E-state index in [4.69, 9.17) is 18.6 Å². The first-order valence-corrected chi connectivity index (χ1v) is 25.3. The predicted molar refractivity (Wildman–Crippen MR) is 270 cm³/mol. The van der Waals surface area contributed by atoms with Gasteiger partial charge < -0.3 is 13.5 Å². The minimum absolute atomic E-state index is 0. The van der Waals surface area contributed by atoms with Gasteiger partial charge in [-0.2, -0.15) is 0 Å². The van der Waals surface area contributed by atoms with Crippen LogP contribution in [0.4, 0.5) is 0 Å². The van der Waals surface area contributed by atoms with Gasteiger partial charge in [0, 0.05) is 48.4 Å². The van der Waals surface area contributed by atoms with Crippen LogP contribution >= 0.6 is 31.7 Å². The molecule has 0 saturated heterocycles. The smallest absolute Gasteiger partial charge is 0.00405 e. The van der Waals surface area contributed by atoms with Crippen LogP contribution in [0.1, 0.15) is 0 Å². The molecular formula is C54H45MnO4P4RhS-. The Hall–Kier alpha value is -4.07. The summed E-state index contributed by atoms with van der Waals surface area (Å²) in [7, 11) is -1.63. The van der Waals surface area contributed by atoms with Gasteiger partial charge in [0.1, 0.15) is 0 Å². The van der Waals surface area contributed by atoms with Crippen LogP contribution in [0.15, 0.2) is 243 Å². The van der Waals surface area contributed by atoms with Crippen LogP contribution in [-0.4, -0.2) is 11.8 Å². The molecule has 0 bridgehead atoms. The van der Waals surface area contributed by atoms with E-state index >= 15 is 0 Å². The first-order valence-electron chi connectivity index (χ1n) is 19.2. The zero-order valence-corrected chi connectivity index (χ0v) is 42.4. The largest absolute Gasteiger partial charge is 0.813 e. The molecule has 8 rings (SSSR count). The van der Waals surface area contributed by atoms with Gasteiger partial charge in [-0.15, -0.1) is 0 Å². The summed E-state index contributed by atoms with van der Waals surface area (Å²) in [5, 5.41) is 11.7. The number of hydrogen-bond acceptors (Lipinski definition) is 1. The molecule has 65 heavy (non-hydrogen) atoms. The van der Waals surface area contributed by atoms with E-state index in [-0.39, 0.29) is 50.0 Å². The Morgan fingerprint density at radius 1 is 0.231 bits per heavy atom. The van der Waals surface area contributed by atoms with Gasteiger partial charge in [-0.05, 0) is 74.1 Å². The van der Waals surface area contributed by atoms with E-state index in [1.54, 1.807) is 0 Å². The van der Waals surface area contributed by atoms with E-state index in [0.717, 1.165) is 0 Å². The summed E-state index contributed by atoms with van der Waals surface area (Å²) in [6, 6.07) is 88.3. The maximum absolute atomic E-state index is 7.50. The molecular weight excluding hydrogens is 1030 g/mol. The van der Waals surface area contributed by atoms with Gasteiger partial charge >= 0.3 is 45.2 Å². The maximum Gasteiger partial charge on any atom is 0.00405 e. The average molecular weight is 1070 g/mol. The van der Waals surface area contributed by atoms with Crippen LogP contribution in [0, 0.1) is 26.6 Å². The zero-order chi connectivity index (χ0) is 44.6. The van der Waals surface area contributed by atoms with Crippen molar-refractivity contribution in [2.24, 2.45) is 0 Å². The predicted octanol–water partition coefficient (Wildman–Crippen LogP) is 9.99. The molecule has 0 N–H and O–H groups in total. The van der Waals surface area contributed by atoms with Gasteiger partial charge in [0.05, 0.1) is 0 Å².